The molecular formula is C15H13Cl2NO5S. The lowest BCUT2D eigenvalue weighted by molar-refractivity contribution is -0.136. The van der Waals surface area contributed by atoms with Crippen LogP contribution in [0.5, 0.6) is 11.5 Å². The first-order valence-electron chi connectivity index (χ1n) is 6.59. The molecule has 0 aromatic heterocycles. The number of ether oxygens (including phenoxy) is 1. The van der Waals surface area contributed by atoms with Crippen molar-refractivity contribution in [3.63, 3.8) is 0 Å². The molecule has 0 aliphatic rings. The lowest BCUT2D eigenvalue weighted by Crippen LogP contribution is -2.09. The van der Waals surface area contributed by atoms with Crippen LogP contribution in [0.3, 0.4) is 0 Å². The van der Waals surface area contributed by atoms with E-state index in [1.807, 2.05) is 0 Å². The number of benzene rings is 2. The maximum absolute atomic E-state index is 11.2. The van der Waals surface area contributed by atoms with E-state index in [-0.39, 0.29) is 22.2 Å². The fourth-order valence-electron chi connectivity index (χ4n) is 1.91. The Hall–Kier alpha value is -1.96. The fraction of sp³-hybridized carbons (Fsp3) is 0.133. The highest BCUT2D eigenvalue weighted by molar-refractivity contribution is 7.92. The molecule has 0 saturated carbocycles. The molecule has 2 aromatic carbocycles. The van der Waals surface area contributed by atoms with Crippen LogP contribution in [-0.4, -0.2) is 25.7 Å². The standard InChI is InChI=1S/C15H13Cl2NO5S/c1-24(21,22)18-10-2-4-11(5-3-10)23-15-12(16)6-9(7-13(15)17)8-14(19)20/h2-7,18H,8H2,1H3,(H,19,20). The van der Waals surface area contributed by atoms with Gasteiger partial charge in [0, 0.05) is 5.69 Å². The number of aliphatic carboxylic acids is 1. The van der Waals surface area contributed by atoms with Crippen LogP contribution in [0.15, 0.2) is 36.4 Å². The van der Waals surface area contributed by atoms with Crippen LogP contribution in [0.4, 0.5) is 5.69 Å². The van der Waals surface area contributed by atoms with Gasteiger partial charge in [-0.3, -0.25) is 9.52 Å². The molecule has 2 N–H and O–H groups in total. The molecule has 0 fully saturated rings. The lowest BCUT2D eigenvalue weighted by Gasteiger charge is -2.12. The second-order valence-corrected chi connectivity index (χ2v) is 7.52. The van der Waals surface area contributed by atoms with E-state index in [1.54, 1.807) is 12.1 Å². The van der Waals surface area contributed by atoms with Gasteiger partial charge in [0.05, 0.1) is 22.7 Å². The average molecular weight is 390 g/mol. The summed E-state index contributed by atoms with van der Waals surface area (Å²) in [5.41, 5.74) is 0.844. The molecule has 0 heterocycles. The number of carboxylic acid groups (broad SMARTS) is 1. The molecule has 128 valence electrons. The van der Waals surface area contributed by atoms with Gasteiger partial charge in [-0.05, 0) is 42.0 Å². The van der Waals surface area contributed by atoms with Crippen molar-refractivity contribution >= 4 is 44.9 Å². The van der Waals surface area contributed by atoms with Gasteiger partial charge in [-0.25, -0.2) is 8.42 Å². The first kappa shape index (κ1) is 18.4. The average Bonchev–Trinajstić information content (AvgIpc) is 2.42. The summed E-state index contributed by atoms with van der Waals surface area (Å²) in [7, 11) is -3.36. The van der Waals surface area contributed by atoms with E-state index >= 15 is 0 Å². The smallest absolute Gasteiger partial charge is 0.307 e. The molecule has 0 saturated heterocycles. The minimum Gasteiger partial charge on any atom is -0.481 e. The van der Waals surface area contributed by atoms with Crippen molar-refractivity contribution in [3.05, 3.63) is 52.0 Å². The molecule has 0 spiro atoms. The molecule has 0 radical (unpaired) electrons. The summed E-state index contributed by atoms with van der Waals surface area (Å²) in [4.78, 5) is 10.7. The molecule has 0 bridgehead atoms. The van der Waals surface area contributed by atoms with Crippen LogP contribution in [-0.2, 0) is 21.2 Å². The number of halogens is 2. The van der Waals surface area contributed by atoms with E-state index in [1.165, 1.54) is 24.3 Å². The zero-order chi connectivity index (χ0) is 17.9. The Kier molecular flexibility index (Phi) is 5.58. The van der Waals surface area contributed by atoms with Gasteiger partial charge in [-0.2, -0.15) is 0 Å². The van der Waals surface area contributed by atoms with Gasteiger partial charge < -0.3 is 9.84 Å². The van der Waals surface area contributed by atoms with Gasteiger partial charge in [0.15, 0.2) is 5.75 Å². The third-order valence-corrected chi connectivity index (χ3v) is 3.96. The molecule has 0 aliphatic heterocycles. The Morgan fingerprint density at radius 1 is 1.17 bits per heavy atom. The first-order chi connectivity index (χ1) is 11.1. The van der Waals surface area contributed by atoms with E-state index in [0.717, 1.165) is 6.26 Å². The number of carboxylic acids is 1. The number of carbonyl (C=O) groups is 1. The first-order valence-corrected chi connectivity index (χ1v) is 9.24. The number of rotatable bonds is 6. The second-order valence-electron chi connectivity index (χ2n) is 4.96. The van der Waals surface area contributed by atoms with Crippen molar-refractivity contribution in [1.82, 2.24) is 0 Å². The molecule has 0 unspecified atom stereocenters. The summed E-state index contributed by atoms with van der Waals surface area (Å²) < 4.78 is 30.2. The molecular weight excluding hydrogens is 377 g/mol. The monoisotopic (exact) mass is 389 g/mol. The molecule has 6 nitrogen and oxygen atoms in total. The van der Waals surface area contributed by atoms with Crippen molar-refractivity contribution < 1.29 is 23.1 Å². The predicted octanol–water partition coefficient (Wildman–Crippen LogP) is 3.78. The second kappa shape index (κ2) is 7.29. The number of nitrogens with one attached hydrogen (secondary N) is 1. The highest BCUT2D eigenvalue weighted by atomic mass is 35.5. The van der Waals surface area contributed by atoms with Crippen LogP contribution in [0.1, 0.15) is 5.56 Å². The maximum atomic E-state index is 11.2. The molecule has 0 atom stereocenters. The molecule has 2 aromatic rings. The predicted molar refractivity (Wildman–Crippen MR) is 92.8 cm³/mol. The Labute approximate surface area is 149 Å². The minimum absolute atomic E-state index is 0.178. The molecule has 24 heavy (non-hydrogen) atoms. The summed E-state index contributed by atoms with van der Waals surface area (Å²) in [5, 5.41) is 9.15. The minimum atomic E-state index is -3.36. The summed E-state index contributed by atoms with van der Waals surface area (Å²) >= 11 is 12.2. The Balaban J connectivity index is 2.20. The maximum Gasteiger partial charge on any atom is 0.307 e. The Morgan fingerprint density at radius 2 is 1.71 bits per heavy atom. The van der Waals surface area contributed by atoms with E-state index in [4.69, 9.17) is 33.0 Å². The Morgan fingerprint density at radius 3 is 2.17 bits per heavy atom. The van der Waals surface area contributed by atoms with Crippen molar-refractivity contribution in [1.29, 1.82) is 0 Å². The van der Waals surface area contributed by atoms with Crippen molar-refractivity contribution in [2.45, 2.75) is 6.42 Å². The van der Waals surface area contributed by atoms with Crippen LogP contribution < -0.4 is 9.46 Å². The van der Waals surface area contributed by atoms with Crippen LogP contribution in [0.2, 0.25) is 10.0 Å². The largest absolute Gasteiger partial charge is 0.481 e. The van der Waals surface area contributed by atoms with Crippen molar-refractivity contribution in [3.8, 4) is 11.5 Å². The number of hydrogen-bond donors (Lipinski definition) is 2. The van der Waals surface area contributed by atoms with Crippen molar-refractivity contribution in [2.75, 3.05) is 11.0 Å². The summed E-state index contributed by atoms with van der Waals surface area (Å²) in [5.74, 6) is -0.412. The Bertz CT molecular complexity index is 843. The highest BCUT2D eigenvalue weighted by Gasteiger charge is 2.13. The fourth-order valence-corrected chi connectivity index (χ4v) is 3.08. The van der Waals surface area contributed by atoms with Crippen LogP contribution in [0, 0.1) is 0 Å². The van der Waals surface area contributed by atoms with Gasteiger partial charge in [0.25, 0.3) is 0 Å². The van der Waals surface area contributed by atoms with E-state index in [2.05, 4.69) is 4.72 Å². The van der Waals surface area contributed by atoms with Crippen LogP contribution >= 0.6 is 23.2 Å². The normalized spacial score (nSPS) is 11.1. The van der Waals surface area contributed by atoms with E-state index in [9.17, 15) is 13.2 Å². The lowest BCUT2D eigenvalue weighted by atomic mass is 10.1. The van der Waals surface area contributed by atoms with E-state index in [0.29, 0.717) is 17.0 Å². The van der Waals surface area contributed by atoms with Gasteiger partial charge in [0.2, 0.25) is 10.0 Å². The van der Waals surface area contributed by atoms with E-state index < -0.39 is 16.0 Å². The van der Waals surface area contributed by atoms with Gasteiger partial charge in [-0.15, -0.1) is 0 Å². The molecule has 0 aliphatic carbocycles. The number of sulfonamides is 1. The molecule has 9 heteroatoms. The number of hydrogen-bond acceptors (Lipinski definition) is 4. The zero-order valence-corrected chi connectivity index (χ0v) is 14.7. The quantitative estimate of drug-likeness (QED) is 0.783. The SMILES string of the molecule is CS(=O)(=O)Nc1ccc(Oc2c(Cl)cc(CC(=O)O)cc2Cl)cc1. The summed E-state index contributed by atoms with van der Waals surface area (Å²) in [6.45, 7) is 0. The highest BCUT2D eigenvalue weighted by Crippen LogP contribution is 2.37. The summed E-state index contributed by atoms with van der Waals surface area (Å²) in [6.07, 6.45) is 0.848. The van der Waals surface area contributed by atoms with Crippen molar-refractivity contribution in [2.24, 2.45) is 0 Å². The van der Waals surface area contributed by atoms with Crippen LogP contribution in [0.25, 0.3) is 0 Å². The topological polar surface area (TPSA) is 92.7 Å². The number of anilines is 1. The van der Waals surface area contributed by atoms with Gasteiger partial charge in [-0.1, -0.05) is 23.2 Å². The third kappa shape index (κ3) is 5.30. The third-order valence-electron chi connectivity index (χ3n) is 2.79. The molecule has 0 amide bonds. The van der Waals surface area contributed by atoms with Gasteiger partial charge >= 0.3 is 5.97 Å². The molecule has 2 rings (SSSR count). The zero-order valence-electron chi connectivity index (χ0n) is 12.4. The van der Waals surface area contributed by atoms with Gasteiger partial charge in [0.1, 0.15) is 5.75 Å². The summed E-state index contributed by atoms with van der Waals surface area (Å²) in [6, 6.07) is 9.08.